The van der Waals surface area contributed by atoms with Crippen LogP contribution in [0.3, 0.4) is 0 Å². The van der Waals surface area contributed by atoms with Gasteiger partial charge in [0.1, 0.15) is 5.92 Å². The van der Waals surface area contributed by atoms with Crippen molar-refractivity contribution in [3.8, 4) is 0 Å². The fourth-order valence-corrected chi connectivity index (χ4v) is 2.36. The number of unbranched alkanes of at least 4 members (excludes halogenated alkanes) is 2. The van der Waals surface area contributed by atoms with Gasteiger partial charge in [-0.05, 0) is 20.3 Å². The summed E-state index contributed by atoms with van der Waals surface area (Å²) in [5.41, 5.74) is -0.109. The summed E-state index contributed by atoms with van der Waals surface area (Å²) in [6, 6.07) is -0.325. The average molecular weight is 270 g/mol. The quantitative estimate of drug-likeness (QED) is 0.342. The largest absolute Gasteiger partial charge is 0.465 e. The Kier molecular flexibility index (Phi) is 5.79. The number of carbonyl (C=O) groups excluding carboxylic acids is 2. The van der Waals surface area contributed by atoms with E-state index in [1.54, 1.807) is 18.7 Å². The molecular formula is C13H22N2O4. The van der Waals surface area contributed by atoms with E-state index in [4.69, 9.17) is 9.94 Å². The molecule has 6 heteroatoms. The highest BCUT2D eigenvalue weighted by atomic mass is 16.5. The molecule has 0 spiro atoms. The molecule has 0 radical (unpaired) electrons. The number of oxime groups is 1. The Balaban J connectivity index is 2.83. The predicted molar refractivity (Wildman–Crippen MR) is 70.0 cm³/mol. The molecule has 6 nitrogen and oxygen atoms in total. The van der Waals surface area contributed by atoms with Crippen LogP contribution in [0, 0.1) is 5.92 Å². The Labute approximate surface area is 113 Å². The molecule has 1 rings (SSSR count). The molecule has 1 heterocycles. The third kappa shape index (κ3) is 3.24. The van der Waals surface area contributed by atoms with E-state index in [-0.39, 0.29) is 24.3 Å². The van der Waals surface area contributed by atoms with Crippen LogP contribution in [0.15, 0.2) is 5.16 Å². The molecule has 1 fully saturated rings. The summed E-state index contributed by atoms with van der Waals surface area (Å²) in [6.07, 6.45) is 2.95. The molecule has 19 heavy (non-hydrogen) atoms. The maximum Gasteiger partial charge on any atom is 0.317 e. The molecule has 1 amide bonds. The van der Waals surface area contributed by atoms with E-state index >= 15 is 0 Å². The molecule has 2 unspecified atom stereocenters. The third-order valence-corrected chi connectivity index (χ3v) is 3.40. The summed E-state index contributed by atoms with van der Waals surface area (Å²) in [5, 5.41) is 12.0. The molecule has 0 aliphatic carbocycles. The summed E-state index contributed by atoms with van der Waals surface area (Å²) < 4.78 is 4.94. The first-order chi connectivity index (χ1) is 9.08. The standard InChI is InChI=1S/C13H22N2O4/c1-4-6-7-8-15-9(3)10(13(17)19-5-2)11(14-18)12(15)16/h9-10,18H,4-8H2,1-3H3/b14-11+. The van der Waals surface area contributed by atoms with Crippen LogP contribution in [0.2, 0.25) is 0 Å². The topological polar surface area (TPSA) is 79.2 Å². The van der Waals surface area contributed by atoms with Gasteiger partial charge in [0.15, 0.2) is 5.71 Å². The summed E-state index contributed by atoms with van der Waals surface area (Å²) >= 11 is 0. The molecule has 108 valence electrons. The molecule has 0 bridgehead atoms. The fourth-order valence-electron chi connectivity index (χ4n) is 2.36. The first-order valence-electron chi connectivity index (χ1n) is 6.77. The van der Waals surface area contributed by atoms with Crippen LogP contribution in [0.25, 0.3) is 0 Å². The van der Waals surface area contributed by atoms with Crippen molar-refractivity contribution in [3.05, 3.63) is 0 Å². The molecule has 1 aliphatic rings. The van der Waals surface area contributed by atoms with Gasteiger partial charge < -0.3 is 14.8 Å². The average Bonchev–Trinajstić information content (AvgIpc) is 2.62. The first kappa shape index (κ1) is 15.5. The second-order valence-electron chi connectivity index (χ2n) is 4.66. The fraction of sp³-hybridized carbons (Fsp3) is 0.769. The molecule has 1 aliphatic heterocycles. The number of hydrogen-bond donors (Lipinski definition) is 1. The second-order valence-corrected chi connectivity index (χ2v) is 4.66. The van der Waals surface area contributed by atoms with Gasteiger partial charge in [0.05, 0.1) is 6.61 Å². The van der Waals surface area contributed by atoms with Crippen LogP contribution in [-0.4, -0.2) is 46.9 Å². The van der Waals surface area contributed by atoms with E-state index in [1.807, 2.05) is 0 Å². The van der Waals surface area contributed by atoms with E-state index in [0.29, 0.717) is 6.54 Å². The number of carbonyl (C=O) groups is 2. The van der Waals surface area contributed by atoms with Crippen LogP contribution in [0.5, 0.6) is 0 Å². The van der Waals surface area contributed by atoms with Crippen molar-refractivity contribution in [2.45, 2.75) is 46.1 Å². The number of esters is 1. The maximum absolute atomic E-state index is 12.1. The molecule has 0 aromatic rings. The van der Waals surface area contributed by atoms with Gasteiger partial charge in [-0.25, -0.2) is 0 Å². The first-order valence-corrected chi connectivity index (χ1v) is 6.77. The van der Waals surface area contributed by atoms with Crippen LogP contribution in [-0.2, 0) is 14.3 Å². The lowest BCUT2D eigenvalue weighted by Crippen LogP contribution is -2.36. The number of amides is 1. The Morgan fingerprint density at radius 3 is 2.63 bits per heavy atom. The smallest absolute Gasteiger partial charge is 0.317 e. The summed E-state index contributed by atoms with van der Waals surface area (Å²) in [5.74, 6) is -1.67. The Bertz CT molecular complexity index is 368. The molecule has 2 atom stereocenters. The van der Waals surface area contributed by atoms with Crippen LogP contribution in [0.1, 0.15) is 40.0 Å². The third-order valence-electron chi connectivity index (χ3n) is 3.40. The minimum absolute atomic E-state index is 0.109. The number of ether oxygens (including phenoxy) is 1. The van der Waals surface area contributed by atoms with Crippen molar-refractivity contribution < 1.29 is 19.5 Å². The molecule has 1 N–H and O–H groups in total. The van der Waals surface area contributed by atoms with Gasteiger partial charge in [0, 0.05) is 12.6 Å². The predicted octanol–water partition coefficient (Wildman–Crippen LogP) is 1.42. The van der Waals surface area contributed by atoms with E-state index < -0.39 is 11.9 Å². The number of likely N-dealkylation sites (tertiary alicyclic amines) is 1. The molecular weight excluding hydrogens is 248 g/mol. The van der Waals surface area contributed by atoms with E-state index in [0.717, 1.165) is 19.3 Å². The monoisotopic (exact) mass is 270 g/mol. The van der Waals surface area contributed by atoms with Gasteiger partial charge in [-0.15, -0.1) is 0 Å². The number of hydrogen-bond acceptors (Lipinski definition) is 5. The molecule has 0 aromatic carbocycles. The number of nitrogens with zero attached hydrogens (tertiary/aromatic N) is 2. The van der Waals surface area contributed by atoms with Crippen molar-refractivity contribution in [1.29, 1.82) is 0 Å². The van der Waals surface area contributed by atoms with E-state index in [1.165, 1.54) is 0 Å². The zero-order chi connectivity index (χ0) is 14.4. The zero-order valence-corrected chi connectivity index (χ0v) is 11.8. The van der Waals surface area contributed by atoms with E-state index in [9.17, 15) is 9.59 Å². The molecule has 1 saturated heterocycles. The van der Waals surface area contributed by atoms with Gasteiger partial charge in [-0.3, -0.25) is 9.59 Å². The highest BCUT2D eigenvalue weighted by Gasteiger charge is 2.48. The highest BCUT2D eigenvalue weighted by molar-refractivity contribution is 6.44. The Hall–Kier alpha value is -1.59. The van der Waals surface area contributed by atoms with Crippen LogP contribution in [0.4, 0.5) is 0 Å². The highest BCUT2D eigenvalue weighted by Crippen LogP contribution is 2.25. The lowest BCUT2D eigenvalue weighted by atomic mass is 10.0. The van der Waals surface area contributed by atoms with Crippen molar-refractivity contribution >= 4 is 17.6 Å². The molecule has 0 aromatic heterocycles. The van der Waals surface area contributed by atoms with Gasteiger partial charge >= 0.3 is 5.97 Å². The lowest BCUT2D eigenvalue weighted by molar-refractivity contribution is -0.146. The van der Waals surface area contributed by atoms with Crippen molar-refractivity contribution in [2.24, 2.45) is 11.1 Å². The Morgan fingerprint density at radius 2 is 2.11 bits per heavy atom. The molecule has 0 saturated carbocycles. The summed E-state index contributed by atoms with van der Waals surface area (Å²) in [4.78, 5) is 25.5. The van der Waals surface area contributed by atoms with E-state index in [2.05, 4.69) is 12.1 Å². The minimum Gasteiger partial charge on any atom is -0.465 e. The summed E-state index contributed by atoms with van der Waals surface area (Å²) in [6.45, 7) is 6.38. The van der Waals surface area contributed by atoms with Gasteiger partial charge in [0.25, 0.3) is 5.91 Å². The maximum atomic E-state index is 12.1. The second kappa shape index (κ2) is 7.11. The van der Waals surface area contributed by atoms with Crippen LogP contribution < -0.4 is 0 Å². The Morgan fingerprint density at radius 1 is 1.42 bits per heavy atom. The number of rotatable bonds is 6. The normalized spacial score (nSPS) is 25.1. The van der Waals surface area contributed by atoms with Gasteiger partial charge in [-0.2, -0.15) is 0 Å². The minimum atomic E-state index is -0.793. The lowest BCUT2D eigenvalue weighted by Gasteiger charge is -2.22. The zero-order valence-electron chi connectivity index (χ0n) is 11.8. The SMILES string of the molecule is CCCCCN1C(=O)/C(=N/O)C(C(=O)OCC)C1C. The van der Waals surface area contributed by atoms with Crippen molar-refractivity contribution in [2.75, 3.05) is 13.2 Å². The van der Waals surface area contributed by atoms with Crippen LogP contribution >= 0.6 is 0 Å². The van der Waals surface area contributed by atoms with Gasteiger partial charge in [-0.1, -0.05) is 24.9 Å². The van der Waals surface area contributed by atoms with Gasteiger partial charge in [0.2, 0.25) is 0 Å². The van der Waals surface area contributed by atoms with Crippen molar-refractivity contribution in [3.63, 3.8) is 0 Å². The van der Waals surface area contributed by atoms with Crippen molar-refractivity contribution in [1.82, 2.24) is 4.90 Å². The summed E-state index contributed by atoms with van der Waals surface area (Å²) in [7, 11) is 0.